The number of carboxylic acid groups (broad SMARTS) is 1. The topological polar surface area (TPSA) is 90.0 Å². The van der Waals surface area contributed by atoms with E-state index in [4.69, 9.17) is 0 Å². The maximum atomic E-state index is 13.3. The third kappa shape index (κ3) is 6.25. The Bertz CT molecular complexity index is 1180. The molecule has 4 unspecified atom stereocenters. The molecule has 2 heterocycles. The van der Waals surface area contributed by atoms with Gasteiger partial charge in [-0.1, -0.05) is 67.8 Å². The number of rotatable bonds is 9. The molecule has 3 fully saturated rings. The molecule has 0 bridgehead atoms. The number of aliphatic carboxylic acids is 1. The molecule has 4 atom stereocenters. The van der Waals surface area contributed by atoms with Crippen molar-refractivity contribution in [2.45, 2.75) is 58.4 Å². The van der Waals surface area contributed by atoms with Gasteiger partial charge in [0.1, 0.15) is 5.92 Å². The highest BCUT2D eigenvalue weighted by molar-refractivity contribution is 5.98. The highest BCUT2D eigenvalue weighted by Crippen LogP contribution is 2.34. The predicted octanol–water partition coefficient (Wildman–Crippen LogP) is 4.84. The van der Waals surface area contributed by atoms with E-state index in [1.54, 1.807) is 0 Å². The number of carboxylic acids is 1. The molecule has 2 aromatic carbocycles. The second kappa shape index (κ2) is 12.5. The van der Waals surface area contributed by atoms with Crippen molar-refractivity contribution in [2.75, 3.05) is 32.7 Å². The zero-order valence-electron chi connectivity index (χ0n) is 23.9. The Balaban J connectivity index is 1.19. The van der Waals surface area contributed by atoms with Gasteiger partial charge in [-0.25, -0.2) is 0 Å². The van der Waals surface area contributed by atoms with Crippen molar-refractivity contribution in [3.05, 3.63) is 70.8 Å². The van der Waals surface area contributed by atoms with E-state index in [1.165, 1.54) is 0 Å². The van der Waals surface area contributed by atoms with Crippen LogP contribution in [0.5, 0.6) is 0 Å². The molecular formula is C33H43N3O4. The fraction of sp³-hybridized carbons (Fsp3) is 0.545. The lowest BCUT2D eigenvalue weighted by Crippen LogP contribution is -2.42. The SMILES string of the molecule is Cc1cccc(C)c1C(=O)N1CC2CN(CCC(NC(=O)C(C(=O)O)C3CCCCC3)c3ccccc3)CC2C1. The van der Waals surface area contributed by atoms with E-state index < -0.39 is 11.9 Å². The molecule has 1 saturated carbocycles. The zero-order chi connectivity index (χ0) is 28.2. The van der Waals surface area contributed by atoms with Gasteiger partial charge >= 0.3 is 5.97 Å². The van der Waals surface area contributed by atoms with Gasteiger partial charge in [0.15, 0.2) is 0 Å². The number of hydrogen-bond donors (Lipinski definition) is 2. The fourth-order valence-electron chi connectivity index (χ4n) is 7.32. The summed E-state index contributed by atoms with van der Waals surface area (Å²) >= 11 is 0. The van der Waals surface area contributed by atoms with E-state index in [0.29, 0.717) is 11.8 Å². The molecule has 7 heteroatoms. The van der Waals surface area contributed by atoms with Crippen LogP contribution in [0.4, 0.5) is 0 Å². The number of hydrogen-bond acceptors (Lipinski definition) is 4. The maximum absolute atomic E-state index is 13.3. The Kier molecular flexibility index (Phi) is 8.89. The Labute approximate surface area is 237 Å². The van der Waals surface area contributed by atoms with Crippen molar-refractivity contribution in [3.8, 4) is 0 Å². The first-order valence-corrected chi connectivity index (χ1v) is 15.0. The summed E-state index contributed by atoms with van der Waals surface area (Å²) in [4.78, 5) is 43.3. The van der Waals surface area contributed by atoms with Crippen LogP contribution in [0.15, 0.2) is 48.5 Å². The number of amides is 2. The van der Waals surface area contributed by atoms with Crippen LogP contribution in [0.2, 0.25) is 0 Å². The summed E-state index contributed by atoms with van der Waals surface area (Å²) in [6, 6.07) is 15.7. The van der Waals surface area contributed by atoms with Crippen molar-refractivity contribution in [2.24, 2.45) is 23.7 Å². The van der Waals surface area contributed by atoms with Gasteiger partial charge in [-0.3, -0.25) is 14.4 Å². The van der Waals surface area contributed by atoms with Crippen LogP contribution in [-0.2, 0) is 9.59 Å². The molecule has 5 rings (SSSR count). The van der Waals surface area contributed by atoms with Crippen molar-refractivity contribution in [1.29, 1.82) is 0 Å². The minimum Gasteiger partial charge on any atom is -0.481 e. The maximum Gasteiger partial charge on any atom is 0.316 e. The molecular weight excluding hydrogens is 502 g/mol. The first kappa shape index (κ1) is 28.3. The molecule has 0 aromatic heterocycles. The van der Waals surface area contributed by atoms with Crippen molar-refractivity contribution >= 4 is 17.8 Å². The van der Waals surface area contributed by atoms with Crippen molar-refractivity contribution < 1.29 is 19.5 Å². The Morgan fingerprint density at radius 1 is 0.875 bits per heavy atom. The predicted molar refractivity (Wildman–Crippen MR) is 155 cm³/mol. The van der Waals surface area contributed by atoms with Crippen molar-refractivity contribution in [3.63, 3.8) is 0 Å². The average Bonchev–Trinajstić information content (AvgIpc) is 3.51. The molecule has 214 valence electrons. The minimum absolute atomic E-state index is 0.0882. The molecule has 2 aliphatic heterocycles. The van der Waals surface area contributed by atoms with E-state index >= 15 is 0 Å². The van der Waals surface area contributed by atoms with Crippen LogP contribution in [-0.4, -0.2) is 65.4 Å². The normalized spacial score (nSPS) is 23.0. The monoisotopic (exact) mass is 545 g/mol. The van der Waals surface area contributed by atoms with Crippen molar-refractivity contribution in [1.82, 2.24) is 15.1 Å². The lowest BCUT2D eigenvalue weighted by molar-refractivity contribution is -0.150. The molecule has 2 aromatic rings. The van der Waals surface area contributed by atoms with E-state index in [-0.39, 0.29) is 23.8 Å². The number of aryl methyl sites for hydroxylation is 2. The number of benzene rings is 2. The highest BCUT2D eigenvalue weighted by atomic mass is 16.4. The largest absolute Gasteiger partial charge is 0.481 e. The third-order valence-corrected chi connectivity index (χ3v) is 9.47. The van der Waals surface area contributed by atoms with E-state index in [0.717, 1.165) is 93.5 Å². The first-order chi connectivity index (χ1) is 19.3. The number of likely N-dealkylation sites (tertiary alicyclic amines) is 2. The molecule has 2 saturated heterocycles. The Morgan fingerprint density at radius 3 is 2.10 bits per heavy atom. The molecule has 2 N–H and O–H groups in total. The van der Waals surface area contributed by atoms with Crippen LogP contribution in [0.1, 0.15) is 71.6 Å². The van der Waals surface area contributed by atoms with Gasteiger partial charge in [-0.05, 0) is 67.6 Å². The number of carbonyl (C=O) groups excluding carboxylic acids is 2. The molecule has 0 radical (unpaired) electrons. The van der Waals surface area contributed by atoms with Crippen LogP contribution >= 0.6 is 0 Å². The zero-order valence-corrected chi connectivity index (χ0v) is 23.9. The van der Waals surface area contributed by atoms with Crippen LogP contribution < -0.4 is 5.32 Å². The van der Waals surface area contributed by atoms with Gasteiger partial charge in [-0.15, -0.1) is 0 Å². The third-order valence-electron chi connectivity index (χ3n) is 9.47. The van der Waals surface area contributed by atoms with Crippen LogP contribution in [0.25, 0.3) is 0 Å². The summed E-state index contributed by atoms with van der Waals surface area (Å²) in [6.07, 6.45) is 5.44. The lowest BCUT2D eigenvalue weighted by atomic mass is 9.79. The lowest BCUT2D eigenvalue weighted by Gasteiger charge is -2.29. The Hall–Kier alpha value is -3.19. The van der Waals surface area contributed by atoms with Gasteiger partial charge in [0.2, 0.25) is 5.91 Å². The summed E-state index contributed by atoms with van der Waals surface area (Å²) in [5.41, 5.74) is 3.92. The first-order valence-electron chi connectivity index (χ1n) is 15.0. The Morgan fingerprint density at radius 2 is 1.50 bits per heavy atom. The highest BCUT2D eigenvalue weighted by Gasteiger charge is 2.42. The molecule has 7 nitrogen and oxygen atoms in total. The van der Waals surface area contributed by atoms with E-state index in [2.05, 4.69) is 10.2 Å². The minimum atomic E-state index is -1.01. The molecule has 40 heavy (non-hydrogen) atoms. The smallest absolute Gasteiger partial charge is 0.316 e. The molecule has 2 amide bonds. The standard InChI is InChI=1S/C33H43N3O4/c1-22-10-9-11-23(2)29(22)32(38)36-20-26-18-35(19-27(26)21-36)17-16-28(24-12-5-3-6-13-24)34-31(37)30(33(39)40)25-14-7-4-8-15-25/h3,5-6,9-13,25-28,30H,4,7-8,14-21H2,1-2H3,(H,34,37)(H,39,40). The molecule has 3 aliphatic rings. The van der Waals surface area contributed by atoms with E-state index in [9.17, 15) is 19.5 Å². The van der Waals surface area contributed by atoms with Gasteiger partial charge in [0.25, 0.3) is 5.91 Å². The number of nitrogens with one attached hydrogen (secondary N) is 1. The number of nitrogens with zero attached hydrogens (tertiary/aromatic N) is 2. The van der Waals surface area contributed by atoms with Crippen LogP contribution in [0.3, 0.4) is 0 Å². The number of carbonyl (C=O) groups is 3. The van der Waals surface area contributed by atoms with E-state index in [1.807, 2.05) is 67.3 Å². The summed E-state index contributed by atoms with van der Waals surface area (Å²) in [5, 5.41) is 13.1. The summed E-state index contributed by atoms with van der Waals surface area (Å²) in [5.74, 6) is -1.38. The van der Waals surface area contributed by atoms with Gasteiger partial charge in [0.05, 0.1) is 6.04 Å². The second-order valence-corrected chi connectivity index (χ2v) is 12.2. The second-order valence-electron chi connectivity index (χ2n) is 12.2. The van der Waals surface area contributed by atoms with Gasteiger partial charge in [0, 0.05) is 38.3 Å². The quantitative estimate of drug-likeness (QED) is 0.441. The average molecular weight is 546 g/mol. The molecule has 1 aliphatic carbocycles. The number of fused-ring (bicyclic) bond motifs is 1. The van der Waals surface area contributed by atoms with Gasteiger partial charge < -0.3 is 20.2 Å². The summed E-state index contributed by atoms with van der Waals surface area (Å²) in [7, 11) is 0. The van der Waals surface area contributed by atoms with Gasteiger partial charge in [-0.2, -0.15) is 0 Å². The fourth-order valence-corrected chi connectivity index (χ4v) is 7.32. The summed E-state index contributed by atoms with van der Waals surface area (Å²) in [6.45, 7) is 8.29. The molecule has 0 spiro atoms. The summed E-state index contributed by atoms with van der Waals surface area (Å²) < 4.78 is 0. The van der Waals surface area contributed by atoms with Crippen LogP contribution in [0, 0.1) is 37.5 Å².